The van der Waals surface area contributed by atoms with Crippen molar-refractivity contribution in [1.82, 2.24) is 10.2 Å². The van der Waals surface area contributed by atoms with E-state index in [2.05, 4.69) is 5.32 Å². The minimum Gasteiger partial charge on any atom is -0.481 e. The second-order valence-electron chi connectivity index (χ2n) is 5.79. The summed E-state index contributed by atoms with van der Waals surface area (Å²) in [5, 5.41) is 12.0. The van der Waals surface area contributed by atoms with Gasteiger partial charge in [-0.05, 0) is 36.3 Å². The standard InChI is InChI=1S/C16H22N2O3S/c1-11-7-13(15(19)20)10-18(9-11)16(21)17-8-12-3-5-14(22-2)6-4-12/h3-6,11,13H,7-10H2,1-2H3,(H,17,21)(H,19,20). The van der Waals surface area contributed by atoms with Crippen LogP contribution in [-0.4, -0.2) is 41.4 Å². The van der Waals surface area contributed by atoms with Crippen molar-refractivity contribution in [2.45, 2.75) is 24.8 Å². The van der Waals surface area contributed by atoms with Crippen LogP contribution in [0.15, 0.2) is 29.2 Å². The quantitative estimate of drug-likeness (QED) is 0.836. The van der Waals surface area contributed by atoms with Gasteiger partial charge in [0, 0.05) is 24.5 Å². The number of nitrogens with zero attached hydrogens (tertiary/aromatic N) is 1. The number of piperidine rings is 1. The van der Waals surface area contributed by atoms with Gasteiger partial charge in [0.15, 0.2) is 0 Å². The molecule has 1 aliphatic heterocycles. The number of hydrogen-bond acceptors (Lipinski definition) is 3. The lowest BCUT2D eigenvalue weighted by Crippen LogP contribution is -2.49. The Balaban J connectivity index is 1.89. The Hall–Kier alpha value is -1.69. The number of hydrogen-bond donors (Lipinski definition) is 2. The lowest BCUT2D eigenvalue weighted by molar-refractivity contribution is -0.143. The summed E-state index contributed by atoms with van der Waals surface area (Å²) in [7, 11) is 0. The third-order valence-electron chi connectivity index (χ3n) is 3.90. The molecule has 1 fully saturated rings. The maximum atomic E-state index is 12.2. The van der Waals surface area contributed by atoms with Gasteiger partial charge in [-0.25, -0.2) is 4.79 Å². The van der Waals surface area contributed by atoms with Gasteiger partial charge in [0.2, 0.25) is 0 Å². The normalized spacial score (nSPS) is 21.5. The highest BCUT2D eigenvalue weighted by Gasteiger charge is 2.31. The summed E-state index contributed by atoms with van der Waals surface area (Å²) in [6.07, 6.45) is 2.66. The summed E-state index contributed by atoms with van der Waals surface area (Å²) in [6.45, 7) is 3.34. The number of thioether (sulfide) groups is 1. The Bertz CT molecular complexity index is 533. The number of carboxylic acids is 1. The molecule has 2 rings (SSSR count). The van der Waals surface area contributed by atoms with Crippen LogP contribution in [-0.2, 0) is 11.3 Å². The smallest absolute Gasteiger partial charge is 0.317 e. The van der Waals surface area contributed by atoms with Crippen LogP contribution < -0.4 is 5.32 Å². The van der Waals surface area contributed by atoms with Crippen LogP contribution in [0.2, 0.25) is 0 Å². The number of nitrogens with one attached hydrogen (secondary N) is 1. The highest BCUT2D eigenvalue weighted by Crippen LogP contribution is 2.22. The molecule has 2 amide bonds. The van der Waals surface area contributed by atoms with E-state index < -0.39 is 11.9 Å². The van der Waals surface area contributed by atoms with Crippen LogP contribution in [0.4, 0.5) is 4.79 Å². The average Bonchev–Trinajstić information content (AvgIpc) is 2.52. The number of urea groups is 1. The van der Waals surface area contributed by atoms with Crippen LogP contribution in [0.5, 0.6) is 0 Å². The number of rotatable bonds is 4. The van der Waals surface area contributed by atoms with E-state index in [1.165, 1.54) is 4.90 Å². The second-order valence-corrected chi connectivity index (χ2v) is 6.67. The third kappa shape index (κ3) is 4.40. The van der Waals surface area contributed by atoms with Crippen molar-refractivity contribution in [2.24, 2.45) is 11.8 Å². The maximum absolute atomic E-state index is 12.2. The molecule has 1 aromatic rings. The van der Waals surface area contributed by atoms with Crippen molar-refractivity contribution < 1.29 is 14.7 Å². The van der Waals surface area contributed by atoms with E-state index in [4.69, 9.17) is 5.11 Å². The molecule has 22 heavy (non-hydrogen) atoms. The molecule has 1 aromatic carbocycles. The van der Waals surface area contributed by atoms with E-state index in [9.17, 15) is 9.59 Å². The van der Waals surface area contributed by atoms with Crippen molar-refractivity contribution in [3.63, 3.8) is 0 Å². The molecule has 120 valence electrons. The van der Waals surface area contributed by atoms with Gasteiger partial charge in [-0.3, -0.25) is 4.79 Å². The molecule has 5 nitrogen and oxygen atoms in total. The molecule has 0 aliphatic carbocycles. The fourth-order valence-electron chi connectivity index (χ4n) is 2.73. The Morgan fingerprint density at radius 1 is 1.32 bits per heavy atom. The zero-order valence-corrected chi connectivity index (χ0v) is 13.7. The SMILES string of the molecule is CSc1ccc(CNC(=O)N2CC(C)CC(C(=O)O)C2)cc1. The first-order valence-corrected chi connectivity index (χ1v) is 8.60. The highest BCUT2D eigenvalue weighted by atomic mass is 32.2. The van der Waals surface area contributed by atoms with E-state index in [0.717, 1.165) is 5.56 Å². The molecule has 1 heterocycles. The number of likely N-dealkylation sites (tertiary alicyclic amines) is 1. The molecule has 0 saturated carbocycles. The van der Waals surface area contributed by atoms with Gasteiger partial charge in [0.25, 0.3) is 0 Å². The van der Waals surface area contributed by atoms with Gasteiger partial charge < -0.3 is 15.3 Å². The van der Waals surface area contributed by atoms with E-state index in [0.29, 0.717) is 19.5 Å². The van der Waals surface area contributed by atoms with Crippen LogP contribution in [0.3, 0.4) is 0 Å². The molecular weight excluding hydrogens is 300 g/mol. The number of carbonyl (C=O) groups excluding carboxylic acids is 1. The predicted octanol–water partition coefficient (Wildman–Crippen LogP) is 2.66. The summed E-state index contributed by atoms with van der Waals surface area (Å²) < 4.78 is 0. The predicted molar refractivity (Wildman–Crippen MR) is 86.9 cm³/mol. The number of carboxylic acid groups (broad SMARTS) is 1. The maximum Gasteiger partial charge on any atom is 0.317 e. The van der Waals surface area contributed by atoms with Crippen LogP contribution >= 0.6 is 11.8 Å². The molecule has 0 spiro atoms. The zero-order valence-electron chi connectivity index (χ0n) is 12.9. The molecule has 0 bridgehead atoms. The van der Waals surface area contributed by atoms with Gasteiger partial charge in [-0.15, -0.1) is 11.8 Å². The van der Waals surface area contributed by atoms with Crippen molar-refractivity contribution >= 4 is 23.8 Å². The average molecular weight is 322 g/mol. The van der Waals surface area contributed by atoms with Crippen LogP contribution in [0.25, 0.3) is 0 Å². The fraction of sp³-hybridized carbons (Fsp3) is 0.500. The molecule has 0 aromatic heterocycles. The zero-order chi connectivity index (χ0) is 16.1. The minimum absolute atomic E-state index is 0.188. The Kier molecular flexibility index (Phi) is 5.71. The van der Waals surface area contributed by atoms with Gasteiger partial charge >= 0.3 is 12.0 Å². The number of amides is 2. The van der Waals surface area contributed by atoms with Gasteiger partial charge in [0.05, 0.1) is 5.92 Å². The molecular formula is C16H22N2O3S. The third-order valence-corrected chi connectivity index (χ3v) is 4.64. The molecule has 2 unspecified atom stereocenters. The highest BCUT2D eigenvalue weighted by molar-refractivity contribution is 7.98. The Morgan fingerprint density at radius 3 is 2.59 bits per heavy atom. The van der Waals surface area contributed by atoms with Gasteiger partial charge in [-0.1, -0.05) is 19.1 Å². The van der Waals surface area contributed by atoms with E-state index in [1.807, 2.05) is 37.4 Å². The van der Waals surface area contributed by atoms with E-state index in [-0.39, 0.29) is 18.5 Å². The molecule has 2 atom stereocenters. The number of carbonyl (C=O) groups is 2. The van der Waals surface area contributed by atoms with Gasteiger partial charge in [0.1, 0.15) is 0 Å². The lowest BCUT2D eigenvalue weighted by Gasteiger charge is -2.34. The summed E-state index contributed by atoms with van der Waals surface area (Å²) in [5.74, 6) is -1.08. The largest absolute Gasteiger partial charge is 0.481 e. The minimum atomic E-state index is -0.822. The summed E-state index contributed by atoms with van der Waals surface area (Å²) >= 11 is 1.68. The topological polar surface area (TPSA) is 69.6 Å². The van der Waals surface area contributed by atoms with E-state index in [1.54, 1.807) is 16.7 Å². The molecule has 1 saturated heterocycles. The monoisotopic (exact) mass is 322 g/mol. The summed E-state index contributed by atoms with van der Waals surface area (Å²) in [6, 6.07) is 7.84. The lowest BCUT2D eigenvalue weighted by atomic mass is 9.91. The summed E-state index contributed by atoms with van der Waals surface area (Å²) in [5.41, 5.74) is 1.03. The van der Waals surface area contributed by atoms with Crippen molar-refractivity contribution in [1.29, 1.82) is 0 Å². The van der Waals surface area contributed by atoms with E-state index >= 15 is 0 Å². The fourth-order valence-corrected chi connectivity index (χ4v) is 3.14. The molecule has 6 heteroatoms. The van der Waals surface area contributed by atoms with Crippen LogP contribution in [0, 0.1) is 11.8 Å². The Labute approximate surface area is 135 Å². The first-order valence-electron chi connectivity index (χ1n) is 7.38. The van der Waals surface area contributed by atoms with Crippen molar-refractivity contribution in [3.05, 3.63) is 29.8 Å². The first kappa shape index (κ1) is 16.7. The van der Waals surface area contributed by atoms with Gasteiger partial charge in [-0.2, -0.15) is 0 Å². The Morgan fingerprint density at radius 2 is 2.00 bits per heavy atom. The molecule has 0 radical (unpaired) electrons. The number of aliphatic carboxylic acids is 1. The first-order chi connectivity index (χ1) is 10.5. The van der Waals surface area contributed by atoms with Crippen molar-refractivity contribution in [2.75, 3.05) is 19.3 Å². The summed E-state index contributed by atoms with van der Waals surface area (Å²) in [4.78, 5) is 26.2. The molecule has 2 N–H and O–H groups in total. The van der Waals surface area contributed by atoms with Crippen LogP contribution in [0.1, 0.15) is 18.9 Å². The number of benzene rings is 1. The van der Waals surface area contributed by atoms with Crippen molar-refractivity contribution in [3.8, 4) is 0 Å². The second kappa shape index (κ2) is 7.54. The molecule has 1 aliphatic rings.